The largest absolute Gasteiger partial charge is 0.362 e. The number of carbonyl (C=O) groups is 2. The fourth-order valence-corrected chi connectivity index (χ4v) is 4.26. The van der Waals surface area contributed by atoms with Gasteiger partial charge < -0.3 is 4.90 Å². The van der Waals surface area contributed by atoms with Crippen molar-refractivity contribution in [1.82, 2.24) is 4.90 Å². The molecule has 4 rings (SSSR count). The number of hydrogen-bond acceptors (Lipinski definition) is 3. The zero-order valence-electron chi connectivity index (χ0n) is 18.4. The number of nitrogens with zero attached hydrogens (tertiary/aromatic N) is 2. The van der Waals surface area contributed by atoms with E-state index in [4.69, 9.17) is 11.6 Å². The zero-order valence-corrected chi connectivity index (χ0v) is 19.2. The van der Waals surface area contributed by atoms with Crippen LogP contribution in [0.1, 0.15) is 29.2 Å². The summed E-state index contributed by atoms with van der Waals surface area (Å²) in [4.78, 5) is 30.7. The van der Waals surface area contributed by atoms with Crippen LogP contribution >= 0.6 is 11.6 Å². The minimum atomic E-state index is -0.314. The Morgan fingerprint density at radius 2 is 1.56 bits per heavy atom. The van der Waals surface area contributed by atoms with Gasteiger partial charge in [0.2, 0.25) is 0 Å². The van der Waals surface area contributed by atoms with Crippen molar-refractivity contribution in [2.24, 2.45) is 0 Å². The molecule has 32 heavy (non-hydrogen) atoms. The average molecular weight is 445 g/mol. The SMILES string of the molecule is CCN(Cc1ccccc1)C1=C(c2ccc(C)cc2)C(=O)N(c2ccc(Cl)cc2C)C1=O. The van der Waals surface area contributed by atoms with Crippen molar-refractivity contribution < 1.29 is 9.59 Å². The lowest BCUT2D eigenvalue weighted by molar-refractivity contribution is -0.120. The monoisotopic (exact) mass is 444 g/mol. The molecule has 0 N–H and O–H groups in total. The van der Waals surface area contributed by atoms with Gasteiger partial charge in [-0.3, -0.25) is 9.59 Å². The second-order valence-electron chi connectivity index (χ2n) is 7.97. The maximum absolute atomic E-state index is 13.8. The van der Waals surface area contributed by atoms with Gasteiger partial charge in [-0.05, 0) is 55.7 Å². The van der Waals surface area contributed by atoms with E-state index in [0.717, 1.165) is 22.3 Å². The van der Waals surface area contributed by atoms with Crippen LogP contribution < -0.4 is 4.90 Å². The quantitative estimate of drug-likeness (QED) is 0.453. The number of carbonyl (C=O) groups excluding carboxylic acids is 2. The molecule has 5 heteroatoms. The molecular weight excluding hydrogens is 420 g/mol. The Morgan fingerprint density at radius 3 is 2.19 bits per heavy atom. The van der Waals surface area contributed by atoms with Crippen LogP contribution in [0.5, 0.6) is 0 Å². The van der Waals surface area contributed by atoms with Gasteiger partial charge in [-0.25, -0.2) is 4.90 Å². The predicted molar refractivity (Wildman–Crippen MR) is 129 cm³/mol. The summed E-state index contributed by atoms with van der Waals surface area (Å²) in [6.45, 7) is 6.97. The summed E-state index contributed by atoms with van der Waals surface area (Å²) in [7, 11) is 0. The molecule has 1 heterocycles. The van der Waals surface area contributed by atoms with E-state index in [2.05, 4.69) is 0 Å². The van der Waals surface area contributed by atoms with Crippen molar-refractivity contribution >= 4 is 34.7 Å². The van der Waals surface area contributed by atoms with Crippen LogP contribution in [-0.2, 0) is 16.1 Å². The van der Waals surface area contributed by atoms with E-state index in [1.807, 2.05) is 80.3 Å². The van der Waals surface area contributed by atoms with Crippen molar-refractivity contribution in [2.75, 3.05) is 11.4 Å². The Kier molecular flexibility index (Phi) is 6.15. The lowest BCUT2D eigenvalue weighted by atomic mass is 10.0. The zero-order chi connectivity index (χ0) is 22.8. The molecule has 3 aromatic carbocycles. The Labute approximate surface area is 193 Å². The van der Waals surface area contributed by atoms with E-state index in [-0.39, 0.29) is 11.8 Å². The van der Waals surface area contributed by atoms with Crippen LogP contribution in [0.3, 0.4) is 0 Å². The standard InChI is InChI=1S/C27H25ClN2O2/c1-4-29(17-20-8-6-5-7-9-20)25-24(21-12-10-18(2)11-13-21)26(31)30(27(25)32)23-15-14-22(28)16-19(23)3/h5-16H,4,17H2,1-3H3. The number of hydrogen-bond donors (Lipinski definition) is 0. The molecule has 3 aromatic rings. The number of benzene rings is 3. The molecule has 0 saturated carbocycles. The average Bonchev–Trinajstić information content (AvgIpc) is 3.04. The van der Waals surface area contributed by atoms with E-state index in [1.165, 1.54) is 4.90 Å². The maximum Gasteiger partial charge on any atom is 0.282 e. The fraction of sp³-hybridized carbons (Fsp3) is 0.185. The Bertz CT molecular complexity index is 1200. The smallest absolute Gasteiger partial charge is 0.282 e. The number of aryl methyl sites for hydroxylation is 2. The minimum absolute atomic E-state index is 0.311. The first-order valence-electron chi connectivity index (χ1n) is 10.7. The van der Waals surface area contributed by atoms with E-state index >= 15 is 0 Å². The first-order valence-corrected chi connectivity index (χ1v) is 11.0. The summed E-state index contributed by atoms with van der Waals surface area (Å²) in [6.07, 6.45) is 0. The number of rotatable bonds is 6. The van der Waals surface area contributed by atoms with Gasteiger partial charge in [0.15, 0.2) is 0 Å². The molecule has 162 valence electrons. The van der Waals surface area contributed by atoms with Gasteiger partial charge in [-0.1, -0.05) is 71.8 Å². The van der Waals surface area contributed by atoms with Crippen molar-refractivity contribution in [3.05, 3.63) is 106 Å². The summed E-state index contributed by atoms with van der Waals surface area (Å²) in [5, 5.41) is 0.566. The lowest BCUT2D eigenvalue weighted by Gasteiger charge is -2.25. The number of imide groups is 1. The van der Waals surface area contributed by atoms with Gasteiger partial charge in [0.1, 0.15) is 5.70 Å². The molecule has 0 radical (unpaired) electrons. The molecule has 0 unspecified atom stereocenters. The summed E-state index contributed by atoms with van der Waals surface area (Å²) in [5.41, 5.74) is 5.10. The van der Waals surface area contributed by atoms with Crippen molar-refractivity contribution in [3.63, 3.8) is 0 Å². The first kappa shape index (κ1) is 21.8. The highest BCUT2D eigenvalue weighted by atomic mass is 35.5. The lowest BCUT2D eigenvalue weighted by Crippen LogP contribution is -2.35. The predicted octanol–water partition coefficient (Wildman–Crippen LogP) is 5.76. The van der Waals surface area contributed by atoms with Crippen LogP contribution in [0.25, 0.3) is 5.57 Å². The molecule has 0 fully saturated rings. The van der Waals surface area contributed by atoms with E-state index < -0.39 is 0 Å². The number of anilines is 1. The van der Waals surface area contributed by atoms with Crippen LogP contribution in [-0.4, -0.2) is 23.3 Å². The van der Waals surface area contributed by atoms with Crippen LogP contribution in [0, 0.1) is 13.8 Å². The number of amides is 2. The van der Waals surface area contributed by atoms with Crippen LogP contribution in [0.15, 0.2) is 78.5 Å². The molecule has 4 nitrogen and oxygen atoms in total. The summed E-state index contributed by atoms with van der Waals surface area (Å²) < 4.78 is 0. The minimum Gasteiger partial charge on any atom is -0.362 e. The second kappa shape index (κ2) is 9.01. The van der Waals surface area contributed by atoms with Crippen molar-refractivity contribution in [1.29, 1.82) is 0 Å². The van der Waals surface area contributed by atoms with Crippen molar-refractivity contribution in [2.45, 2.75) is 27.3 Å². The topological polar surface area (TPSA) is 40.6 Å². The second-order valence-corrected chi connectivity index (χ2v) is 8.40. The number of likely N-dealkylation sites (N-methyl/N-ethyl adjacent to an activating group) is 1. The molecule has 2 amide bonds. The Hall–Kier alpha value is -3.37. The highest BCUT2D eigenvalue weighted by molar-refractivity contribution is 6.45. The first-order chi connectivity index (χ1) is 15.4. The van der Waals surface area contributed by atoms with Gasteiger partial charge in [0.05, 0.1) is 11.3 Å². The van der Waals surface area contributed by atoms with Gasteiger partial charge >= 0.3 is 0 Å². The van der Waals surface area contributed by atoms with E-state index in [9.17, 15) is 9.59 Å². The Morgan fingerprint density at radius 1 is 0.875 bits per heavy atom. The molecule has 0 atom stereocenters. The molecule has 1 aliphatic heterocycles. The third-order valence-corrected chi connectivity index (χ3v) is 5.95. The molecule has 0 spiro atoms. The third-order valence-electron chi connectivity index (χ3n) is 5.71. The fourth-order valence-electron chi connectivity index (χ4n) is 4.03. The van der Waals surface area contributed by atoms with Gasteiger partial charge in [0, 0.05) is 18.1 Å². The molecular formula is C27H25ClN2O2. The highest BCUT2D eigenvalue weighted by Gasteiger charge is 2.42. The van der Waals surface area contributed by atoms with Crippen LogP contribution in [0.2, 0.25) is 5.02 Å². The summed E-state index contributed by atoms with van der Waals surface area (Å²) >= 11 is 6.12. The molecule has 1 aliphatic rings. The molecule has 0 aliphatic carbocycles. The molecule has 0 bridgehead atoms. The van der Waals surface area contributed by atoms with E-state index in [1.54, 1.807) is 18.2 Å². The highest BCUT2D eigenvalue weighted by Crippen LogP contribution is 2.37. The van der Waals surface area contributed by atoms with Gasteiger partial charge in [0.25, 0.3) is 11.8 Å². The summed E-state index contributed by atoms with van der Waals surface area (Å²) in [6, 6.07) is 22.9. The normalized spacial score (nSPS) is 13.8. The van der Waals surface area contributed by atoms with Crippen molar-refractivity contribution in [3.8, 4) is 0 Å². The number of halogens is 1. The van der Waals surface area contributed by atoms with Crippen LogP contribution in [0.4, 0.5) is 5.69 Å². The maximum atomic E-state index is 13.8. The van der Waals surface area contributed by atoms with Gasteiger partial charge in [-0.2, -0.15) is 0 Å². The summed E-state index contributed by atoms with van der Waals surface area (Å²) in [5.74, 6) is -0.625. The Balaban J connectivity index is 1.85. The molecule has 0 aromatic heterocycles. The third kappa shape index (κ3) is 4.06. The molecule has 0 saturated heterocycles. The van der Waals surface area contributed by atoms with E-state index in [0.29, 0.717) is 35.1 Å². The van der Waals surface area contributed by atoms with Gasteiger partial charge in [-0.15, -0.1) is 0 Å².